The summed E-state index contributed by atoms with van der Waals surface area (Å²) in [6.45, 7) is 2.29. The van der Waals surface area contributed by atoms with Gasteiger partial charge < -0.3 is 0 Å². The van der Waals surface area contributed by atoms with Crippen molar-refractivity contribution >= 4 is 21.9 Å². The molecule has 3 aliphatic rings. The Kier molecular flexibility index (Phi) is 7.80. The molecule has 3 aliphatic carbocycles. The molecule has 282 valence electrons. The summed E-state index contributed by atoms with van der Waals surface area (Å²) in [6.07, 6.45) is 5.82. The number of aromatic nitrogens is 3. The summed E-state index contributed by atoms with van der Waals surface area (Å²) in [5, 5.41) is 2.45. The SMILES string of the molecule is Cc1cc2ccccc2c(-c2cccc(-c3nc(-c4ccccc4)nc(-c4ccccc4)n3)c2)c1C1=C2c3ccccc3C3(c4ccccc4-c4ccccc43)[C@H]2CC=C1. The van der Waals surface area contributed by atoms with E-state index in [9.17, 15) is 0 Å². The van der Waals surface area contributed by atoms with Crippen LogP contribution in [0.15, 0.2) is 200 Å². The highest BCUT2D eigenvalue weighted by Gasteiger charge is 2.56. The Hall–Kier alpha value is -7.49. The summed E-state index contributed by atoms with van der Waals surface area (Å²) in [5.74, 6) is 2.18. The number of fused-ring (bicyclic) bond motifs is 11. The van der Waals surface area contributed by atoms with Gasteiger partial charge >= 0.3 is 0 Å². The number of hydrogen-bond acceptors (Lipinski definition) is 3. The molecule has 3 heteroatoms. The lowest BCUT2D eigenvalue weighted by atomic mass is 9.64. The average Bonchev–Trinajstić information content (AvgIpc) is 3.79. The van der Waals surface area contributed by atoms with E-state index in [1.54, 1.807) is 0 Å². The quantitative estimate of drug-likeness (QED) is 0.175. The van der Waals surface area contributed by atoms with Crippen LogP contribution in [0, 0.1) is 12.8 Å². The maximum Gasteiger partial charge on any atom is 0.164 e. The van der Waals surface area contributed by atoms with E-state index in [1.165, 1.54) is 72.0 Å². The Labute approximate surface area is 350 Å². The van der Waals surface area contributed by atoms with Gasteiger partial charge in [0, 0.05) is 22.6 Å². The smallest absolute Gasteiger partial charge is 0.164 e. The molecular weight excluding hydrogens is 727 g/mol. The van der Waals surface area contributed by atoms with Crippen LogP contribution in [0.2, 0.25) is 0 Å². The van der Waals surface area contributed by atoms with Crippen molar-refractivity contribution in [3.8, 4) is 56.4 Å². The van der Waals surface area contributed by atoms with Crippen molar-refractivity contribution in [2.45, 2.75) is 18.8 Å². The van der Waals surface area contributed by atoms with Crippen molar-refractivity contribution < 1.29 is 0 Å². The molecule has 12 rings (SSSR count). The van der Waals surface area contributed by atoms with Gasteiger partial charge in [0.15, 0.2) is 17.5 Å². The fraction of sp³-hybridized carbons (Fsp3) is 0.0702. The van der Waals surface area contributed by atoms with Crippen molar-refractivity contribution in [2.75, 3.05) is 0 Å². The topological polar surface area (TPSA) is 38.7 Å². The molecule has 0 amide bonds. The summed E-state index contributed by atoms with van der Waals surface area (Å²) in [5.41, 5.74) is 18.5. The molecule has 0 bridgehead atoms. The number of hydrogen-bond donors (Lipinski definition) is 0. The van der Waals surface area contributed by atoms with Crippen molar-refractivity contribution in [1.29, 1.82) is 0 Å². The van der Waals surface area contributed by atoms with Crippen LogP contribution in [0.5, 0.6) is 0 Å². The third kappa shape index (κ3) is 5.05. The molecule has 0 saturated carbocycles. The van der Waals surface area contributed by atoms with Gasteiger partial charge in [-0.2, -0.15) is 0 Å². The van der Waals surface area contributed by atoms with Crippen LogP contribution in [0.4, 0.5) is 0 Å². The monoisotopic (exact) mass is 765 g/mol. The average molecular weight is 766 g/mol. The number of benzene rings is 8. The van der Waals surface area contributed by atoms with Gasteiger partial charge in [0.2, 0.25) is 0 Å². The number of aryl methyl sites for hydroxylation is 1. The van der Waals surface area contributed by atoms with Gasteiger partial charge in [0.05, 0.1) is 5.41 Å². The van der Waals surface area contributed by atoms with Gasteiger partial charge in [-0.05, 0) is 97.0 Å². The fourth-order valence-electron chi connectivity index (χ4n) is 10.7. The molecule has 1 heterocycles. The van der Waals surface area contributed by atoms with Gasteiger partial charge in [-0.3, -0.25) is 0 Å². The first-order valence-corrected chi connectivity index (χ1v) is 20.9. The van der Waals surface area contributed by atoms with Gasteiger partial charge in [0.1, 0.15) is 0 Å². The van der Waals surface area contributed by atoms with Crippen LogP contribution >= 0.6 is 0 Å². The lowest BCUT2D eigenvalue weighted by molar-refractivity contribution is 0.495. The van der Waals surface area contributed by atoms with Crippen LogP contribution in [-0.2, 0) is 5.41 Å². The molecule has 9 aromatic rings. The highest BCUT2D eigenvalue weighted by molar-refractivity contribution is 6.11. The molecular formula is C57H39N3. The molecule has 3 nitrogen and oxygen atoms in total. The first-order valence-electron chi connectivity index (χ1n) is 20.9. The van der Waals surface area contributed by atoms with Crippen molar-refractivity contribution in [1.82, 2.24) is 15.0 Å². The second-order valence-electron chi connectivity index (χ2n) is 16.2. The van der Waals surface area contributed by atoms with E-state index in [2.05, 4.69) is 171 Å². The number of rotatable bonds is 5. The van der Waals surface area contributed by atoms with Crippen LogP contribution in [0.3, 0.4) is 0 Å². The molecule has 8 aromatic carbocycles. The highest BCUT2D eigenvalue weighted by Crippen LogP contribution is 2.66. The lowest BCUT2D eigenvalue weighted by Gasteiger charge is -2.37. The van der Waals surface area contributed by atoms with Gasteiger partial charge in [-0.15, -0.1) is 0 Å². The van der Waals surface area contributed by atoms with Gasteiger partial charge in [-0.1, -0.05) is 194 Å². The minimum absolute atomic E-state index is 0.225. The maximum atomic E-state index is 5.13. The van der Waals surface area contributed by atoms with Crippen molar-refractivity contribution in [3.63, 3.8) is 0 Å². The van der Waals surface area contributed by atoms with Gasteiger partial charge in [0.25, 0.3) is 0 Å². The largest absolute Gasteiger partial charge is 0.208 e. The van der Waals surface area contributed by atoms with Crippen molar-refractivity contribution in [2.24, 2.45) is 5.92 Å². The molecule has 0 unspecified atom stereocenters. The Morgan fingerprint density at radius 3 is 1.60 bits per heavy atom. The zero-order valence-corrected chi connectivity index (χ0v) is 33.2. The van der Waals surface area contributed by atoms with Crippen LogP contribution in [-0.4, -0.2) is 15.0 Å². The lowest BCUT2D eigenvalue weighted by Crippen LogP contribution is -2.32. The zero-order valence-electron chi connectivity index (χ0n) is 33.2. The summed E-state index contributed by atoms with van der Waals surface area (Å²) in [6, 6.07) is 67.9. The fourth-order valence-corrected chi connectivity index (χ4v) is 10.7. The van der Waals surface area contributed by atoms with Crippen LogP contribution < -0.4 is 0 Å². The molecule has 0 N–H and O–H groups in total. The molecule has 0 radical (unpaired) electrons. The molecule has 60 heavy (non-hydrogen) atoms. The second-order valence-corrected chi connectivity index (χ2v) is 16.2. The third-order valence-corrected chi connectivity index (χ3v) is 13.1. The molecule has 0 saturated heterocycles. The van der Waals surface area contributed by atoms with Gasteiger partial charge in [-0.25, -0.2) is 15.0 Å². The van der Waals surface area contributed by atoms with E-state index in [4.69, 9.17) is 15.0 Å². The molecule has 0 aliphatic heterocycles. The van der Waals surface area contributed by atoms with Crippen LogP contribution in [0.1, 0.15) is 39.8 Å². The minimum atomic E-state index is -0.286. The van der Waals surface area contributed by atoms with Crippen LogP contribution in [0.25, 0.3) is 78.3 Å². The van der Waals surface area contributed by atoms with E-state index in [1.807, 2.05) is 36.4 Å². The summed E-state index contributed by atoms with van der Waals surface area (Å²) in [7, 11) is 0. The normalized spacial score (nSPS) is 15.5. The van der Waals surface area contributed by atoms with E-state index in [0.29, 0.717) is 17.5 Å². The number of allylic oxidation sites excluding steroid dienone is 4. The van der Waals surface area contributed by atoms with Crippen molar-refractivity contribution in [3.05, 3.63) is 234 Å². The summed E-state index contributed by atoms with van der Waals surface area (Å²) < 4.78 is 0. The summed E-state index contributed by atoms with van der Waals surface area (Å²) >= 11 is 0. The second kappa shape index (κ2) is 13.5. The first-order chi connectivity index (χ1) is 29.7. The molecule has 1 spiro atoms. The molecule has 1 atom stereocenters. The number of nitrogens with zero attached hydrogens (tertiary/aromatic N) is 3. The molecule has 1 aromatic heterocycles. The van der Waals surface area contributed by atoms with E-state index in [0.717, 1.165) is 28.7 Å². The zero-order chi connectivity index (χ0) is 39.8. The third-order valence-electron chi connectivity index (χ3n) is 13.1. The predicted molar refractivity (Wildman–Crippen MR) is 246 cm³/mol. The first kappa shape index (κ1) is 34.5. The predicted octanol–water partition coefficient (Wildman–Crippen LogP) is 13.8. The summed E-state index contributed by atoms with van der Waals surface area (Å²) in [4.78, 5) is 15.2. The Morgan fingerprint density at radius 2 is 0.950 bits per heavy atom. The maximum absolute atomic E-state index is 5.13. The van der Waals surface area contributed by atoms with E-state index in [-0.39, 0.29) is 11.3 Å². The Morgan fingerprint density at radius 1 is 0.450 bits per heavy atom. The minimum Gasteiger partial charge on any atom is -0.208 e. The highest BCUT2D eigenvalue weighted by atomic mass is 15.0. The van der Waals surface area contributed by atoms with E-state index < -0.39 is 0 Å². The Balaban J connectivity index is 1.10. The Bertz CT molecular complexity index is 3150. The molecule has 0 fully saturated rings. The van der Waals surface area contributed by atoms with E-state index >= 15 is 0 Å². The standard InChI is InChI=1S/C57H39N3/c1-36-34-39-22-8-9-25-42(39)52(40-23-16-24-41(35-40)56-59-54(37-18-4-2-5-19-37)58-55(60-56)38-20-6-3-7-21-38)51(36)46-29-17-33-50-53(46)45-28-12-15-32-49(45)57(50)47-30-13-10-26-43(47)44-27-11-14-31-48(44)57/h2-32,34-35,50H,33H2,1H3/t50-/m0/s1.